The summed E-state index contributed by atoms with van der Waals surface area (Å²) in [5.41, 5.74) is 0. The van der Waals surface area contributed by atoms with E-state index in [4.69, 9.17) is 0 Å². The van der Waals surface area contributed by atoms with Crippen LogP contribution < -0.4 is 10.0 Å². The number of aromatic nitrogens is 2. The van der Waals surface area contributed by atoms with Crippen LogP contribution in [0.15, 0.2) is 0 Å². The SMILES string of the molecule is CCNS(=O)(=O)CCNc1nnc(C)s1. The molecule has 6 nitrogen and oxygen atoms in total. The summed E-state index contributed by atoms with van der Waals surface area (Å²) in [5, 5.41) is 12.0. The minimum absolute atomic E-state index is 0.0411. The lowest BCUT2D eigenvalue weighted by molar-refractivity contribution is 0.584. The van der Waals surface area contributed by atoms with Gasteiger partial charge in [-0.05, 0) is 6.92 Å². The van der Waals surface area contributed by atoms with Crippen molar-refractivity contribution >= 4 is 26.5 Å². The Balaban J connectivity index is 2.33. The first-order chi connectivity index (χ1) is 7.03. The molecule has 0 saturated heterocycles. The second kappa shape index (κ2) is 5.38. The molecule has 0 atom stereocenters. The summed E-state index contributed by atoms with van der Waals surface area (Å²) in [6, 6.07) is 0. The van der Waals surface area contributed by atoms with Crippen molar-refractivity contribution < 1.29 is 8.42 Å². The average molecular weight is 250 g/mol. The van der Waals surface area contributed by atoms with Crippen LogP contribution in [0.5, 0.6) is 0 Å². The van der Waals surface area contributed by atoms with Gasteiger partial charge in [0.05, 0.1) is 5.75 Å². The van der Waals surface area contributed by atoms with Gasteiger partial charge in [0.25, 0.3) is 0 Å². The zero-order chi connectivity index (χ0) is 11.3. The zero-order valence-electron chi connectivity index (χ0n) is 8.65. The highest BCUT2D eigenvalue weighted by Gasteiger charge is 2.08. The Labute approximate surface area is 93.2 Å². The summed E-state index contributed by atoms with van der Waals surface area (Å²) in [6.45, 7) is 4.35. The minimum Gasteiger partial charge on any atom is -0.359 e. The fourth-order valence-corrected chi connectivity index (χ4v) is 2.52. The van der Waals surface area contributed by atoms with Crippen molar-refractivity contribution in [3.63, 3.8) is 0 Å². The Morgan fingerprint density at radius 3 is 2.67 bits per heavy atom. The fourth-order valence-electron chi connectivity index (χ4n) is 0.952. The topological polar surface area (TPSA) is 84.0 Å². The van der Waals surface area contributed by atoms with Gasteiger partial charge in [0.2, 0.25) is 15.2 Å². The molecule has 15 heavy (non-hydrogen) atoms. The number of anilines is 1. The Morgan fingerprint density at radius 2 is 2.13 bits per heavy atom. The fraction of sp³-hybridized carbons (Fsp3) is 0.714. The first kappa shape index (κ1) is 12.3. The standard InChI is InChI=1S/C7H14N4O2S2/c1-3-9-15(12,13)5-4-8-7-11-10-6(2)14-7/h9H,3-5H2,1-2H3,(H,8,11). The molecule has 8 heteroatoms. The molecule has 0 aromatic carbocycles. The van der Waals surface area contributed by atoms with Crippen LogP contribution in [-0.4, -0.2) is 37.5 Å². The number of hydrogen-bond donors (Lipinski definition) is 2. The van der Waals surface area contributed by atoms with E-state index < -0.39 is 10.0 Å². The highest BCUT2D eigenvalue weighted by Crippen LogP contribution is 2.12. The van der Waals surface area contributed by atoms with E-state index in [0.29, 0.717) is 18.2 Å². The molecule has 0 aliphatic heterocycles. The molecule has 0 saturated carbocycles. The van der Waals surface area contributed by atoms with Crippen LogP contribution in [0.2, 0.25) is 0 Å². The average Bonchev–Trinajstić information content (AvgIpc) is 2.51. The molecule has 0 bridgehead atoms. The molecule has 1 heterocycles. The molecule has 0 unspecified atom stereocenters. The van der Waals surface area contributed by atoms with E-state index in [9.17, 15) is 8.42 Å². The van der Waals surface area contributed by atoms with E-state index in [1.54, 1.807) is 6.92 Å². The van der Waals surface area contributed by atoms with E-state index >= 15 is 0 Å². The molecule has 2 N–H and O–H groups in total. The van der Waals surface area contributed by atoms with Gasteiger partial charge in [-0.25, -0.2) is 13.1 Å². The van der Waals surface area contributed by atoms with Crippen LogP contribution >= 0.6 is 11.3 Å². The summed E-state index contributed by atoms with van der Waals surface area (Å²) >= 11 is 1.40. The van der Waals surface area contributed by atoms with Gasteiger partial charge in [-0.1, -0.05) is 18.3 Å². The largest absolute Gasteiger partial charge is 0.359 e. The number of hydrogen-bond acceptors (Lipinski definition) is 6. The first-order valence-corrected chi connectivity index (χ1v) is 7.01. The van der Waals surface area contributed by atoms with Crippen molar-refractivity contribution in [2.24, 2.45) is 0 Å². The van der Waals surface area contributed by atoms with Crippen LogP contribution in [0.1, 0.15) is 11.9 Å². The van der Waals surface area contributed by atoms with E-state index in [1.165, 1.54) is 11.3 Å². The third-order valence-corrected chi connectivity index (χ3v) is 3.80. The van der Waals surface area contributed by atoms with Gasteiger partial charge in [0.1, 0.15) is 5.01 Å². The Bertz CT molecular complexity index is 401. The molecule has 1 rings (SSSR count). The van der Waals surface area contributed by atoms with Crippen molar-refractivity contribution in [1.82, 2.24) is 14.9 Å². The van der Waals surface area contributed by atoms with Gasteiger partial charge in [0.15, 0.2) is 0 Å². The molecule has 0 aliphatic carbocycles. The maximum absolute atomic E-state index is 11.2. The van der Waals surface area contributed by atoms with E-state index in [1.807, 2.05) is 6.92 Å². The number of nitrogens with one attached hydrogen (secondary N) is 2. The van der Waals surface area contributed by atoms with Gasteiger partial charge in [-0.3, -0.25) is 0 Å². The highest BCUT2D eigenvalue weighted by molar-refractivity contribution is 7.89. The maximum atomic E-state index is 11.2. The van der Waals surface area contributed by atoms with Gasteiger partial charge in [0, 0.05) is 13.1 Å². The number of nitrogens with zero attached hydrogens (tertiary/aromatic N) is 2. The van der Waals surface area contributed by atoms with Gasteiger partial charge in [-0.2, -0.15) is 0 Å². The van der Waals surface area contributed by atoms with Crippen LogP contribution in [0.4, 0.5) is 5.13 Å². The molecular formula is C7H14N4O2S2. The van der Waals surface area contributed by atoms with Crippen molar-refractivity contribution in [1.29, 1.82) is 0 Å². The quantitative estimate of drug-likeness (QED) is 0.753. The normalized spacial score (nSPS) is 11.6. The summed E-state index contributed by atoms with van der Waals surface area (Å²) in [4.78, 5) is 0. The summed E-state index contributed by atoms with van der Waals surface area (Å²) < 4.78 is 24.9. The van der Waals surface area contributed by atoms with Gasteiger partial charge >= 0.3 is 0 Å². The Morgan fingerprint density at radius 1 is 1.40 bits per heavy atom. The maximum Gasteiger partial charge on any atom is 0.213 e. The third-order valence-electron chi connectivity index (χ3n) is 1.54. The highest BCUT2D eigenvalue weighted by atomic mass is 32.2. The lowest BCUT2D eigenvalue weighted by Gasteiger charge is -2.04. The lowest BCUT2D eigenvalue weighted by atomic mass is 10.7. The molecule has 0 amide bonds. The van der Waals surface area contributed by atoms with Crippen molar-refractivity contribution in [2.75, 3.05) is 24.2 Å². The Hall–Kier alpha value is -0.730. The van der Waals surface area contributed by atoms with Crippen molar-refractivity contribution in [3.05, 3.63) is 5.01 Å². The molecule has 0 fully saturated rings. The first-order valence-electron chi connectivity index (χ1n) is 4.55. The van der Waals surface area contributed by atoms with Crippen LogP contribution in [0.25, 0.3) is 0 Å². The third kappa shape index (κ3) is 4.54. The number of sulfonamides is 1. The molecule has 0 radical (unpaired) electrons. The second-order valence-corrected chi connectivity index (χ2v) is 5.98. The summed E-state index contributed by atoms with van der Waals surface area (Å²) in [5.74, 6) is 0.0411. The molecule has 86 valence electrons. The molecule has 0 aliphatic rings. The monoisotopic (exact) mass is 250 g/mol. The second-order valence-electron chi connectivity index (χ2n) is 2.87. The molecular weight excluding hydrogens is 236 g/mol. The molecule has 1 aromatic rings. The van der Waals surface area contributed by atoms with E-state index in [-0.39, 0.29) is 5.75 Å². The summed E-state index contributed by atoms with van der Waals surface area (Å²) in [6.07, 6.45) is 0. The van der Waals surface area contributed by atoms with E-state index in [0.717, 1.165) is 5.01 Å². The molecule has 1 aromatic heterocycles. The van der Waals surface area contributed by atoms with Gasteiger partial charge in [-0.15, -0.1) is 10.2 Å². The Kier molecular flexibility index (Phi) is 4.43. The number of rotatable bonds is 6. The lowest BCUT2D eigenvalue weighted by Crippen LogP contribution is -2.29. The predicted octanol–water partition coefficient (Wildman–Crippen LogP) is 0.198. The van der Waals surface area contributed by atoms with Crippen molar-refractivity contribution in [2.45, 2.75) is 13.8 Å². The van der Waals surface area contributed by atoms with Crippen molar-refractivity contribution in [3.8, 4) is 0 Å². The van der Waals surface area contributed by atoms with Crippen LogP contribution in [0.3, 0.4) is 0 Å². The van der Waals surface area contributed by atoms with Gasteiger partial charge < -0.3 is 5.32 Å². The molecule has 0 spiro atoms. The number of aryl methyl sites for hydroxylation is 1. The smallest absolute Gasteiger partial charge is 0.213 e. The predicted molar refractivity (Wildman–Crippen MR) is 60.6 cm³/mol. The van der Waals surface area contributed by atoms with Crippen LogP contribution in [-0.2, 0) is 10.0 Å². The minimum atomic E-state index is -3.15. The zero-order valence-corrected chi connectivity index (χ0v) is 10.3. The van der Waals surface area contributed by atoms with E-state index in [2.05, 4.69) is 20.2 Å². The summed E-state index contributed by atoms with van der Waals surface area (Å²) in [7, 11) is -3.15. The van der Waals surface area contributed by atoms with Crippen LogP contribution in [0, 0.1) is 6.92 Å².